The standard InChI is InChI=1S/C17H28N4O3/c1-5-10-19-16(22)12-21-17(18-3)20-11-13(2)24-15-9-7-6-8-14(15)23-4/h6-9,13H,5,10-12H2,1-4H3,(H,19,22)(H2,18,20,21). The topological polar surface area (TPSA) is 84.0 Å². The van der Waals surface area contributed by atoms with E-state index in [1.807, 2.05) is 38.1 Å². The zero-order chi connectivity index (χ0) is 17.8. The largest absolute Gasteiger partial charge is 0.493 e. The van der Waals surface area contributed by atoms with Gasteiger partial charge in [-0.05, 0) is 25.5 Å². The van der Waals surface area contributed by atoms with Gasteiger partial charge in [0.15, 0.2) is 17.5 Å². The fraction of sp³-hybridized carbons (Fsp3) is 0.529. The summed E-state index contributed by atoms with van der Waals surface area (Å²) in [5, 5.41) is 8.90. The number of amides is 1. The number of nitrogens with zero attached hydrogens (tertiary/aromatic N) is 1. The predicted octanol–water partition coefficient (Wildman–Crippen LogP) is 1.15. The number of para-hydroxylation sites is 2. The molecule has 3 N–H and O–H groups in total. The number of nitrogens with one attached hydrogen (secondary N) is 3. The van der Waals surface area contributed by atoms with E-state index in [4.69, 9.17) is 9.47 Å². The number of benzene rings is 1. The van der Waals surface area contributed by atoms with Crippen LogP contribution in [0.2, 0.25) is 0 Å². The maximum absolute atomic E-state index is 11.6. The first-order chi connectivity index (χ1) is 11.6. The lowest BCUT2D eigenvalue weighted by atomic mass is 10.3. The van der Waals surface area contributed by atoms with Gasteiger partial charge in [0.05, 0.1) is 20.2 Å². The number of hydrogen-bond acceptors (Lipinski definition) is 4. The highest BCUT2D eigenvalue weighted by atomic mass is 16.5. The monoisotopic (exact) mass is 336 g/mol. The van der Waals surface area contributed by atoms with Crippen LogP contribution in [-0.4, -0.2) is 51.8 Å². The van der Waals surface area contributed by atoms with Gasteiger partial charge in [0, 0.05) is 13.6 Å². The van der Waals surface area contributed by atoms with Gasteiger partial charge in [0.2, 0.25) is 5.91 Å². The summed E-state index contributed by atoms with van der Waals surface area (Å²) in [7, 11) is 3.27. The molecule has 0 saturated heterocycles. The molecule has 0 saturated carbocycles. The number of aliphatic imine (C=N–C) groups is 1. The molecule has 1 unspecified atom stereocenters. The molecule has 0 aliphatic carbocycles. The highest BCUT2D eigenvalue weighted by Gasteiger charge is 2.09. The van der Waals surface area contributed by atoms with Crippen LogP contribution in [0, 0.1) is 0 Å². The average molecular weight is 336 g/mol. The lowest BCUT2D eigenvalue weighted by Crippen LogP contribution is -2.45. The number of carbonyl (C=O) groups is 1. The van der Waals surface area contributed by atoms with Gasteiger partial charge >= 0.3 is 0 Å². The smallest absolute Gasteiger partial charge is 0.239 e. The van der Waals surface area contributed by atoms with Crippen molar-refractivity contribution in [3.05, 3.63) is 24.3 Å². The molecule has 0 aliphatic rings. The average Bonchev–Trinajstić information content (AvgIpc) is 2.60. The van der Waals surface area contributed by atoms with Gasteiger partial charge in [-0.2, -0.15) is 0 Å². The second kappa shape index (κ2) is 11.2. The molecule has 0 bridgehead atoms. The van der Waals surface area contributed by atoms with Crippen molar-refractivity contribution in [2.45, 2.75) is 26.4 Å². The van der Waals surface area contributed by atoms with Gasteiger partial charge in [-0.3, -0.25) is 9.79 Å². The van der Waals surface area contributed by atoms with Crippen molar-refractivity contribution in [1.82, 2.24) is 16.0 Å². The Balaban J connectivity index is 2.38. The number of carbonyl (C=O) groups excluding carboxylic acids is 1. The van der Waals surface area contributed by atoms with Crippen molar-refractivity contribution in [3.63, 3.8) is 0 Å². The maximum atomic E-state index is 11.6. The molecule has 0 radical (unpaired) electrons. The summed E-state index contributed by atoms with van der Waals surface area (Å²) < 4.78 is 11.1. The molecule has 0 aromatic heterocycles. The summed E-state index contributed by atoms with van der Waals surface area (Å²) in [4.78, 5) is 15.7. The van der Waals surface area contributed by atoms with Crippen molar-refractivity contribution < 1.29 is 14.3 Å². The zero-order valence-corrected chi connectivity index (χ0v) is 14.9. The van der Waals surface area contributed by atoms with Crippen molar-refractivity contribution in [1.29, 1.82) is 0 Å². The van der Waals surface area contributed by atoms with E-state index in [2.05, 4.69) is 20.9 Å². The first-order valence-corrected chi connectivity index (χ1v) is 8.11. The molecular formula is C17H28N4O3. The van der Waals surface area contributed by atoms with Crippen LogP contribution in [0.3, 0.4) is 0 Å². The third-order valence-corrected chi connectivity index (χ3v) is 3.17. The van der Waals surface area contributed by atoms with Crippen LogP contribution in [0.15, 0.2) is 29.3 Å². The Bertz CT molecular complexity index is 534. The molecule has 1 atom stereocenters. The fourth-order valence-corrected chi connectivity index (χ4v) is 1.93. The first kappa shape index (κ1) is 19.6. The molecule has 0 fully saturated rings. The molecule has 0 aliphatic heterocycles. The van der Waals surface area contributed by atoms with Gasteiger partial charge in [0.25, 0.3) is 0 Å². The van der Waals surface area contributed by atoms with Gasteiger partial charge in [-0.1, -0.05) is 19.1 Å². The van der Waals surface area contributed by atoms with E-state index in [9.17, 15) is 4.79 Å². The van der Waals surface area contributed by atoms with E-state index in [1.165, 1.54) is 0 Å². The first-order valence-electron chi connectivity index (χ1n) is 8.11. The number of rotatable bonds is 9. The highest BCUT2D eigenvalue weighted by Crippen LogP contribution is 2.26. The minimum absolute atomic E-state index is 0.0573. The number of methoxy groups -OCH3 is 1. The van der Waals surface area contributed by atoms with Gasteiger partial charge in [-0.15, -0.1) is 0 Å². The van der Waals surface area contributed by atoms with Crippen molar-refractivity contribution >= 4 is 11.9 Å². The van der Waals surface area contributed by atoms with Crippen LogP contribution in [0.4, 0.5) is 0 Å². The molecule has 0 heterocycles. The van der Waals surface area contributed by atoms with E-state index in [0.717, 1.165) is 6.42 Å². The molecule has 7 heteroatoms. The van der Waals surface area contributed by atoms with E-state index >= 15 is 0 Å². The van der Waals surface area contributed by atoms with Gasteiger partial charge in [0.1, 0.15) is 6.10 Å². The molecule has 1 rings (SSSR count). The number of hydrogen-bond donors (Lipinski definition) is 3. The predicted molar refractivity (Wildman–Crippen MR) is 95.7 cm³/mol. The Kier molecular flexibility index (Phi) is 9.11. The number of ether oxygens (including phenoxy) is 2. The summed E-state index contributed by atoms with van der Waals surface area (Å²) in [6.07, 6.45) is 0.810. The summed E-state index contributed by atoms with van der Waals surface area (Å²) >= 11 is 0. The Morgan fingerprint density at radius 2 is 1.92 bits per heavy atom. The van der Waals surface area contributed by atoms with Crippen LogP contribution in [0.25, 0.3) is 0 Å². The van der Waals surface area contributed by atoms with Crippen LogP contribution in [-0.2, 0) is 4.79 Å². The van der Waals surface area contributed by atoms with Crippen LogP contribution < -0.4 is 25.4 Å². The van der Waals surface area contributed by atoms with E-state index < -0.39 is 0 Å². The number of guanidine groups is 1. The lowest BCUT2D eigenvalue weighted by molar-refractivity contribution is -0.120. The molecular weight excluding hydrogens is 308 g/mol. The van der Waals surface area contributed by atoms with Crippen molar-refractivity contribution in [2.24, 2.45) is 4.99 Å². The van der Waals surface area contributed by atoms with Crippen molar-refractivity contribution in [2.75, 3.05) is 33.8 Å². The molecule has 1 amide bonds. The Hall–Kier alpha value is -2.44. The van der Waals surface area contributed by atoms with E-state index in [-0.39, 0.29) is 18.6 Å². The zero-order valence-electron chi connectivity index (χ0n) is 14.9. The summed E-state index contributed by atoms with van der Waals surface area (Å²) in [6, 6.07) is 7.50. The van der Waals surface area contributed by atoms with Gasteiger partial charge in [-0.25, -0.2) is 0 Å². The van der Waals surface area contributed by atoms with E-state index in [1.54, 1.807) is 14.2 Å². The second-order valence-electron chi connectivity index (χ2n) is 5.24. The minimum Gasteiger partial charge on any atom is -0.493 e. The van der Waals surface area contributed by atoms with Gasteiger partial charge < -0.3 is 25.4 Å². The SMILES string of the molecule is CCCNC(=O)CNC(=NC)NCC(C)Oc1ccccc1OC. The summed E-state index contributed by atoms with van der Waals surface area (Å²) in [6.45, 7) is 5.35. The van der Waals surface area contributed by atoms with Crippen LogP contribution in [0.1, 0.15) is 20.3 Å². The summed E-state index contributed by atoms with van der Waals surface area (Å²) in [5.41, 5.74) is 0. The lowest BCUT2D eigenvalue weighted by Gasteiger charge is -2.19. The molecule has 0 spiro atoms. The molecule has 134 valence electrons. The maximum Gasteiger partial charge on any atom is 0.239 e. The molecule has 7 nitrogen and oxygen atoms in total. The quantitative estimate of drug-likeness (QED) is 0.465. The third kappa shape index (κ3) is 7.21. The van der Waals surface area contributed by atoms with Crippen LogP contribution >= 0.6 is 0 Å². The summed E-state index contributed by atoms with van der Waals surface area (Å²) in [5.74, 6) is 1.88. The Labute approximate surface area is 143 Å². The molecule has 1 aromatic carbocycles. The van der Waals surface area contributed by atoms with Crippen LogP contribution in [0.5, 0.6) is 11.5 Å². The van der Waals surface area contributed by atoms with E-state index in [0.29, 0.717) is 30.5 Å². The highest BCUT2D eigenvalue weighted by molar-refractivity contribution is 5.86. The second-order valence-corrected chi connectivity index (χ2v) is 5.24. The minimum atomic E-state index is -0.103. The molecule has 24 heavy (non-hydrogen) atoms. The Morgan fingerprint density at radius 1 is 1.21 bits per heavy atom. The van der Waals surface area contributed by atoms with Crippen molar-refractivity contribution in [3.8, 4) is 11.5 Å². The molecule has 1 aromatic rings. The Morgan fingerprint density at radius 3 is 2.54 bits per heavy atom. The fourth-order valence-electron chi connectivity index (χ4n) is 1.93. The third-order valence-electron chi connectivity index (χ3n) is 3.17. The normalized spacial score (nSPS) is 12.2.